The first-order valence-electron chi connectivity index (χ1n) is 5.40. The van der Waals surface area contributed by atoms with Crippen molar-refractivity contribution in [2.75, 3.05) is 6.54 Å². The Morgan fingerprint density at radius 1 is 1.38 bits per heavy atom. The van der Waals surface area contributed by atoms with Crippen molar-refractivity contribution in [2.45, 2.75) is 25.3 Å². The molecule has 6 heteroatoms. The minimum Gasteiger partial charge on any atom is -0.481 e. The molecule has 0 aromatic carbocycles. The van der Waals surface area contributed by atoms with Crippen molar-refractivity contribution in [3.63, 3.8) is 0 Å². The molecule has 0 spiro atoms. The number of rotatable bonds is 3. The normalized spacial score (nSPS) is 32.8. The zero-order chi connectivity index (χ0) is 11.7. The van der Waals surface area contributed by atoms with Crippen molar-refractivity contribution in [3.8, 4) is 0 Å². The average molecular weight is 226 g/mol. The van der Waals surface area contributed by atoms with Crippen LogP contribution in [-0.2, 0) is 14.4 Å². The third kappa shape index (κ3) is 2.15. The average Bonchev–Trinajstić information content (AvgIpc) is 3.01. The zero-order valence-electron chi connectivity index (χ0n) is 8.73. The number of carboxylic acids is 1. The molecule has 1 heterocycles. The molecule has 2 fully saturated rings. The van der Waals surface area contributed by atoms with Crippen LogP contribution in [0.1, 0.15) is 19.3 Å². The smallest absolute Gasteiger partial charge is 0.307 e. The van der Waals surface area contributed by atoms with Gasteiger partial charge in [0.15, 0.2) is 0 Å². The van der Waals surface area contributed by atoms with Crippen molar-refractivity contribution in [1.82, 2.24) is 10.6 Å². The zero-order valence-corrected chi connectivity index (χ0v) is 8.73. The Morgan fingerprint density at radius 3 is 2.69 bits per heavy atom. The molecular formula is C10H14N2O4. The maximum absolute atomic E-state index is 11.6. The maximum atomic E-state index is 11.6. The number of hydrogen-bond donors (Lipinski definition) is 3. The van der Waals surface area contributed by atoms with Crippen LogP contribution in [0.15, 0.2) is 0 Å². The number of aliphatic carboxylic acids is 1. The molecule has 0 aromatic heterocycles. The summed E-state index contributed by atoms with van der Waals surface area (Å²) in [5.74, 6) is -2.44. The molecule has 2 amide bonds. The van der Waals surface area contributed by atoms with E-state index in [1.165, 1.54) is 0 Å². The van der Waals surface area contributed by atoms with Crippen molar-refractivity contribution in [2.24, 2.45) is 11.8 Å². The molecule has 6 nitrogen and oxygen atoms in total. The van der Waals surface area contributed by atoms with E-state index in [0.717, 1.165) is 6.42 Å². The van der Waals surface area contributed by atoms with Gasteiger partial charge in [0, 0.05) is 6.54 Å². The third-order valence-corrected chi connectivity index (χ3v) is 3.05. The van der Waals surface area contributed by atoms with E-state index in [1.807, 2.05) is 0 Å². The molecular weight excluding hydrogens is 212 g/mol. The minimum atomic E-state index is -0.937. The van der Waals surface area contributed by atoms with Crippen molar-refractivity contribution < 1.29 is 19.5 Å². The van der Waals surface area contributed by atoms with Gasteiger partial charge in [-0.1, -0.05) is 0 Å². The fraction of sp³-hybridized carbons (Fsp3) is 0.700. The first-order chi connectivity index (χ1) is 7.59. The molecule has 2 rings (SSSR count). The van der Waals surface area contributed by atoms with E-state index in [1.54, 1.807) is 0 Å². The first kappa shape index (κ1) is 10.9. The van der Waals surface area contributed by atoms with Crippen LogP contribution in [0.2, 0.25) is 0 Å². The van der Waals surface area contributed by atoms with Crippen LogP contribution in [0.4, 0.5) is 0 Å². The van der Waals surface area contributed by atoms with Crippen LogP contribution in [0.5, 0.6) is 0 Å². The Kier molecular flexibility index (Phi) is 2.80. The molecule has 1 unspecified atom stereocenters. The second-order valence-corrected chi connectivity index (χ2v) is 4.28. The monoisotopic (exact) mass is 226 g/mol. The van der Waals surface area contributed by atoms with Crippen LogP contribution >= 0.6 is 0 Å². The highest BCUT2D eigenvalue weighted by Gasteiger charge is 2.48. The van der Waals surface area contributed by atoms with Gasteiger partial charge in [-0.15, -0.1) is 0 Å². The van der Waals surface area contributed by atoms with E-state index in [9.17, 15) is 14.4 Å². The van der Waals surface area contributed by atoms with E-state index in [0.29, 0.717) is 19.4 Å². The van der Waals surface area contributed by atoms with Gasteiger partial charge in [0.1, 0.15) is 6.04 Å². The van der Waals surface area contributed by atoms with Crippen LogP contribution in [0.25, 0.3) is 0 Å². The summed E-state index contributed by atoms with van der Waals surface area (Å²) >= 11 is 0. The summed E-state index contributed by atoms with van der Waals surface area (Å²) in [6.45, 7) is 0.645. The van der Waals surface area contributed by atoms with Crippen LogP contribution < -0.4 is 10.6 Å². The standard InChI is InChI=1S/C10H14N2O4/c13-8(5-4-6(5)10(15)16)12-7-2-1-3-11-9(7)14/h5-7H,1-4H2,(H,11,14)(H,12,13)(H,15,16)/t5-,6+,7?/m1/s1. The largest absolute Gasteiger partial charge is 0.481 e. The van der Waals surface area contributed by atoms with Gasteiger partial charge in [0.2, 0.25) is 11.8 Å². The number of carboxylic acid groups (broad SMARTS) is 1. The minimum absolute atomic E-state index is 0.174. The number of amides is 2. The van der Waals surface area contributed by atoms with E-state index < -0.39 is 23.8 Å². The summed E-state index contributed by atoms with van der Waals surface area (Å²) in [7, 11) is 0. The topological polar surface area (TPSA) is 95.5 Å². The molecule has 1 saturated carbocycles. The fourth-order valence-corrected chi connectivity index (χ4v) is 1.95. The molecule has 2 aliphatic rings. The highest BCUT2D eigenvalue weighted by molar-refractivity contribution is 5.93. The van der Waals surface area contributed by atoms with E-state index in [4.69, 9.17) is 5.11 Å². The second kappa shape index (κ2) is 4.11. The first-order valence-corrected chi connectivity index (χ1v) is 5.40. The van der Waals surface area contributed by atoms with E-state index in [2.05, 4.69) is 10.6 Å². The predicted molar refractivity (Wildman–Crippen MR) is 53.4 cm³/mol. The van der Waals surface area contributed by atoms with Crippen molar-refractivity contribution in [1.29, 1.82) is 0 Å². The highest BCUT2D eigenvalue weighted by atomic mass is 16.4. The molecule has 0 aromatic rings. The van der Waals surface area contributed by atoms with E-state index >= 15 is 0 Å². The van der Waals surface area contributed by atoms with Crippen molar-refractivity contribution >= 4 is 17.8 Å². The van der Waals surface area contributed by atoms with Gasteiger partial charge in [0.05, 0.1) is 11.8 Å². The second-order valence-electron chi connectivity index (χ2n) is 4.28. The molecule has 0 bridgehead atoms. The Morgan fingerprint density at radius 2 is 2.12 bits per heavy atom. The summed E-state index contributed by atoms with van der Waals surface area (Å²) < 4.78 is 0. The lowest BCUT2D eigenvalue weighted by molar-refractivity contribution is -0.140. The number of piperidine rings is 1. The van der Waals surface area contributed by atoms with Gasteiger partial charge in [0.25, 0.3) is 0 Å². The van der Waals surface area contributed by atoms with Gasteiger partial charge in [-0.3, -0.25) is 14.4 Å². The maximum Gasteiger partial charge on any atom is 0.307 e. The van der Waals surface area contributed by atoms with Crippen LogP contribution in [0, 0.1) is 11.8 Å². The number of hydrogen-bond acceptors (Lipinski definition) is 3. The SMILES string of the molecule is O=C1NCCCC1NC(=O)[C@@H]1C[C@@H]1C(=O)O. The number of carbonyl (C=O) groups excluding carboxylic acids is 2. The summed E-state index contributed by atoms with van der Waals surface area (Å²) in [6, 6.07) is -0.490. The Hall–Kier alpha value is -1.59. The molecule has 88 valence electrons. The molecule has 3 atom stereocenters. The quantitative estimate of drug-likeness (QED) is 0.581. The molecule has 1 aliphatic carbocycles. The van der Waals surface area contributed by atoms with E-state index in [-0.39, 0.29) is 11.8 Å². The van der Waals surface area contributed by atoms with Gasteiger partial charge in [-0.05, 0) is 19.3 Å². The third-order valence-electron chi connectivity index (χ3n) is 3.05. The number of nitrogens with one attached hydrogen (secondary N) is 2. The Labute approximate surface area is 92.4 Å². The summed E-state index contributed by atoms with van der Waals surface area (Å²) in [5, 5.41) is 13.9. The molecule has 16 heavy (non-hydrogen) atoms. The highest BCUT2D eigenvalue weighted by Crippen LogP contribution is 2.38. The predicted octanol–water partition coefficient (Wildman–Crippen LogP) is -0.898. The van der Waals surface area contributed by atoms with Crippen LogP contribution in [-0.4, -0.2) is 35.5 Å². The molecule has 0 radical (unpaired) electrons. The lowest BCUT2D eigenvalue weighted by Crippen LogP contribution is -2.50. The number of carbonyl (C=O) groups is 3. The summed E-state index contributed by atoms with van der Waals surface area (Å²) in [4.78, 5) is 33.5. The van der Waals surface area contributed by atoms with Gasteiger partial charge < -0.3 is 15.7 Å². The molecule has 1 aliphatic heterocycles. The lowest BCUT2D eigenvalue weighted by Gasteiger charge is -2.22. The Bertz CT molecular complexity index is 342. The van der Waals surface area contributed by atoms with Gasteiger partial charge >= 0.3 is 5.97 Å². The van der Waals surface area contributed by atoms with Gasteiger partial charge in [-0.2, -0.15) is 0 Å². The van der Waals surface area contributed by atoms with Crippen molar-refractivity contribution in [3.05, 3.63) is 0 Å². The Balaban J connectivity index is 1.84. The van der Waals surface area contributed by atoms with Crippen LogP contribution in [0.3, 0.4) is 0 Å². The fourth-order valence-electron chi connectivity index (χ4n) is 1.95. The molecule has 1 saturated heterocycles. The lowest BCUT2D eigenvalue weighted by atomic mass is 10.1. The summed E-state index contributed by atoms with van der Waals surface area (Å²) in [5.41, 5.74) is 0. The molecule has 3 N–H and O–H groups in total. The van der Waals surface area contributed by atoms with Gasteiger partial charge in [-0.25, -0.2) is 0 Å². The summed E-state index contributed by atoms with van der Waals surface area (Å²) in [6.07, 6.45) is 1.85.